The smallest absolute Gasteiger partial charge is 0.251 e. The summed E-state index contributed by atoms with van der Waals surface area (Å²) in [6.07, 6.45) is 4.92. The number of likely N-dealkylation sites (tertiary alicyclic amines) is 1. The van der Waals surface area contributed by atoms with Gasteiger partial charge in [0, 0.05) is 31.1 Å². The zero-order valence-corrected chi connectivity index (χ0v) is 16.1. The Morgan fingerprint density at radius 3 is 2.54 bits per heavy atom. The molecule has 3 rings (SSSR count). The number of benzene rings is 2. The summed E-state index contributed by atoms with van der Waals surface area (Å²) in [7, 11) is 0. The molecule has 4 nitrogen and oxygen atoms in total. The molecule has 1 heterocycles. The van der Waals surface area contributed by atoms with Gasteiger partial charge in [0.15, 0.2) is 0 Å². The first-order chi connectivity index (χ1) is 13.6. The third-order valence-corrected chi connectivity index (χ3v) is 5.29. The third-order valence-electron chi connectivity index (χ3n) is 5.29. The summed E-state index contributed by atoms with van der Waals surface area (Å²) in [6.45, 7) is 1.33. The van der Waals surface area contributed by atoms with Gasteiger partial charge in [0.2, 0.25) is 5.91 Å². The number of hydrogen-bond acceptors (Lipinski definition) is 2. The maximum absolute atomic E-state index is 13.0. The molecule has 0 saturated carbocycles. The first kappa shape index (κ1) is 20.1. The molecule has 1 N–H and O–H groups in total. The fourth-order valence-electron chi connectivity index (χ4n) is 3.72. The molecular formula is C23H27FN2O2. The van der Waals surface area contributed by atoms with Crippen LogP contribution in [0.25, 0.3) is 0 Å². The number of aryl methyl sites for hydroxylation is 1. The molecule has 0 aliphatic carbocycles. The zero-order valence-electron chi connectivity index (χ0n) is 16.1. The van der Waals surface area contributed by atoms with Crippen molar-refractivity contribution < 1.29 is 14.0 Å². The lowest BCUT2D eigenvalue weighted by molar-refractivity contribution is -0.134. The van der Waals surface area contributed by atoms with Crippen molar-refractivity contribution in [2.24, 2.45) is 0 Å². The molecule has 28 heavy (non-hydrogen) atoms. The van der Waals surface area contributed by atoms with Crippen molar-refractivity contribution in [3.63, 3.8) is 0 Å². The molecule has 1 aliphatic rings. The fourth-order valence-corrected chi connectivity index (χ4v) is 3.72. The predicted octanol–water partition coefficient (Wildman–Crippen LogP) is 3.96. The van der Waals surface area contributed by atoms with Gasteiger partial charge in [-0.15, -0.1) is 0 Å². The Kier molecular flexibility index (Phi) is 7.18. The lowest BCUT2D eigenvalue weighted by Crippen LogP contribution is -2.45. The first-order valence-corrected chi connectivity index (χ1v) is 10.0. The van der Waals surface area contributed by atoms with Crippen molar-refractivity contribution in [2.75, 3.05) is 13.1 Å². The quantitative estimate of drug-likeness (QED) is 0.788. The molecule has 2 aromatic carbocycles. The maximum Gasteiger partial charge on any atom is 0.251 e. The molecule has 148 valence electrons. The van der Waals surface area contributed by atoms with E-state index in [0.717, 1.165) is 37.8 Å². The molecule has 2 amide bonds. The van der Waals surface area contributed by atoms with Gasteiger partial charge in [-0.3, -0.25) is 9.59 Å². The lowest BCUT2D eigenvalue weighted by Gasteiger charge is -2.36. The van der Waals surface area contributed by atoms with Crippen molar-refractivity contribution in [1.82, 2.24) is 10.2 Å². The third kappa shape index (κ3) is 5.65. The van der Waals surface area contributed by atoms with Gasteiger partial charge in [-0.25, -0.2) is 4.39 Å². The van der Waals surface area contributed by atoms with E-state index in [4.69, 9.17) is 0 Å². The Hall–Kier alpha value is -2.69. The van der Waals surface area contributed by atoms with Crippen molar-refractivity contribution >= 4 is 11.8 Å². The molecule has 1 atom stereocenters. The Bertz CT molecular complexity index is 777. The molecule has 0 aromatic heterocycles. The fraction of sp³-hybridized carbons (Fsp3) is 0.391. The highest BCUT2D eigenvalue weighted by molar-refractivity contribution is 5.94. The van der Waals surface area contributed by atoms with Crippen molar-refractivity contribution in [3.8, 4) is 0 Å². The summed E-state index contributed by atoms with van der Waals surface area (Å²) >= 11 is 0. The van der Waals surface area contributed by atoms with Gasteiger partial charge in [-0.1, -0.05) is 30.3 Å². The SMILES string of the molecule is O=C(NCCC1CCCCN1C(=O)CCc1ccc(F)cc1)c1ccccc1. The maximum atomic E-state index is 13.0. The largest absolute Gasteiger partial charge is 0.352 e. The van der Waals surface area contributed by atoms with Crippen LogP contribution in [0.3, 0.4) is 0 Å². The number of carbonyl (C=O) groups is 2. The van der Waals surface area contributed by atoms with Crippen LogP contribution in [-0.4, -0.2) is 35.8 Å². The highest BCUT2D eigenvalue weighted by atomic mass is 19.1. The molecular weight excluding hydrogens is 355 g/mol. The summed E-state index contributed by atoms with van der Waals surface area (Å²) in [6, 6.07) is 15.7. The molecule has 1 aliphatic heterocycles. The van der Waals surface area contributed by atoms with E-state index in [1.54, 1.807) is 24.3 Å². The second-order valence-corrected chi connectivity index (χ2v) is 7.27. The van der Waals surface area contributed by atoms with Gasteiger partial charge in [-0.05, 0) is 61.9 Å². The highest BCUT2D eigenvalue weighted by Gasteiger charge is 2.26. The van der Waals surface area contributed by atoms with E-state index in [0.29, 0.717) is 24.9 Å². The molecule has 1 unspecified atom stereocenters. The average Bonchev–Trinajstić information content (AvgIpc) is 2.74. The van der Waals surface area contributed by atoms with Gasteiger partial charge in [0.05, 0.1) is 0 Å². The molecule has 1 saturated heterocycles. The Balaban J connectivity index is 1.48. The van der Waals surface area contributed by atoms with Crippen LogP contribution in [-0.2, 0) is 11.2 Å². The van der Waals surface area contributed by atoms with Crippen molar-refractivity contribution in [3.05, 3.63) is 71.5 Å². The van der Waals surface area contributed by atoms with Crippen molar-refractivity contribution in [1.29, 1.82) is 0 Å². The van der Waals surface area contributed by atoms with Gasteiger partial charge in [-0.2, -0.15) is 0 Å². The zero-order chi connectivity index (χ0) is 19.8. The molecule has 0 spiro atoms. The molecule has 1 fully saturated rings. The van der Waals surface area contributed by atoms with Crippen LogP contribution in [0.5, 0.6) is 0 Å². The van der Waals surface area contributed by atoms with Gasteiger partial charge >= 0.3 is 0 Å². The summed E-state index contributed by atoms with van der Waals surface area (Å²) in [5.41, 5.74) is 1.62. The molecule has 0 radical (unpaired) electrons. The summed E-state index contributed by atoms with van der Waals surface area (Å²) in [4.78, 5) is 26.9. The van der Waals surface area contributed by atoms with Crippen LogP contribution < -0.4 is 5.32 Å². The molecule has 0 bridgehead atoms. The topological polar surface area (TPSA) is 49.4 Å². The monoisotopic (exact) mass is 382 g/mol. The van der Waals surface area contributed by atoms with Gasteiger partial charge in [0.25, 0.3) is 5.91 Å². The standard InChI is InChI=1S/C23H27FN2O2/c24-20-12-9-18(10-13-20)11-14-22(27)26-17-5-4-8-21(26)15-16-25-23(28)19-6-2-1-3-7-19/h1-3,6-7,9-10,12-13,21H,4-5,8,11,14-17H2,(H,25,28). The van der Waals surface area contributed by atoms with Crippen LogP contribution >= 0.6 is 0 Å². The van der Waals surface area contributed by atoms with Crippen LogP contribution in [0.15, 0.2) is 54.6 Å². The minimum atomic E-state index is -0.260. The summed E-state index contributed by atoms with van der Waals surface area (Å²) < 4.78 is 13.0. The van der Waals surface area contributed by atoms with E-state index in [1.165, 1.54) is 12.1 Å². The van der Waals surface area contributed by atoms with E-state index in [9.17, 15) is 14.0 Å². The van der Waals surface area contributed by atoms with E-state index in [2.05, 4.69) is 5.32 Å². The molecule has 5 heteroatoms. The second kappa shape index (κ2) is 10.0. The summed E-state index contributed by atoms with van der Waals surface area (Å²) in [5, 5.41) is 2.96. The van der Waals surface area contributed by atoms with Crippen molar-refractivity contribution in [2.45, 2.75) is 44.6 Å². The average molecular weight is 382 g/mol. The number of rotatable bonds is 7. The Labute approximate surface area is 165 Å². The minimum Gasteiger partial charge on any atom is -0.352 e. The highest BCUT2D eigenvalue weighted by Crippen LogP contribution is 2.21. The normalized spacial score (nSPS) is 16.6. The Morgan fingerprint density at radius 2 is 1.79 bits per heavy atom. The number of hydrogen-bond donors (Lipinski definition) is 1. The van der Waals surface area contributed by atoms with E-state index >= 15 is 0 Å². The summed E-state index contributed by atoms with van der Waals surface area (Å²) in [5.74, 6) is -0.197. The van der Waals surface area contributed by atoms with Crippen LogP contribution in [0, 0.1) is 5.82 Å². The second-order valence-electron chi connectivity index (χ2n) is 7.27. The van der Waals surface area contributed by atoms with E-state index in [-0.39, 0.29) is 23.7 Å². The number of piperidine rings is 1. The van der Waals surface area contributed by atoms with Gasteiger partial charge in [0.1, 0.15) is 5.82 Å². The van der Waals surface area contributed by atoms with Crippen LogP contribution in [0.2, 0.25) is 0 Å². The number of nitrogens with one attached hydrogen (secondary N) is 1. The van der Waals surface area contributed by atoms with E-state index < -0.39 is 0 Å². The number of halogens is 1. The van der Waals surface area contributed by atoms with Gasteiger partial charge < -0.3 is 10.2 Å². The number of carbonyl (C=O) groups excluding carboxylic acids is 2. The Morgan fingerprint density at radius 1 is 1.04 bits per heavy atom. The number of amides is 2. The molecule has 2 aromatic rings. The number of nitrogens with zero attached hydrogens (tertiary/aromatic N) is 1. The van der Waals surface area contributed by atoms with Crippen LogP contribution in [0.4, 0.5) is 4.39 Å². The minimum absolute atomic E-state index is 0.0782. The lowest BCUT2D eigenvalue weighted by atomic mass is 9.98. The first-order valence-electron chi connectivity index (χ1n) is 10.0. The van der Waals surface area contributed by atoms with Crippen LogP contribution in [0.1, 0.15) is 48.0 Å². The van der Waals surface area contributed by atoms with E-state index in [1.807, 2.05) is 23.1 Å². The predicted molar refractivity (Wildman–Crippen MR) is 107 cm³/mol.